The Morgan fingerprint density at radius 2 is 2.16 bits per heavy atom. The monoisotopic (exact) mass is 374 g/mol. The molecule has 1 aliphatic rings. The van der Waals surface area contributed by atoms with Gasteiger partial charge in [-0.05, 0) is 24.0 Å². The second-order valence-electron chi connectivity index (χ2n) is 6.01. The Hall–Kier alpha value is -2.38. The maximum Gasteiger partial charge on any atom is 0.244 e. The number of hydrazine groups is 1. The first-order valence-corrected chi connectivity index (χ1v) is 9.12. The number of nitrogens with one attached hydrogen (secondary N) is 2. The summed E-state index contributed by atoms with van der Waals surface area (Å²) in [6.45, 7) is 0. The summed E-state index contributed by atoms with van der Waals surface area (Å²) >= 11 is 7.67. The molecule has 1 fully saturated rings. The van der Waals surface area contributed by atoms with E-state index in [0.717, 1.165) is 16.9 Å². The molecule has 0 spiro atoms. The molecule has 0 radical (unpaired) electrons. The zero-order valence-electron chi connectivity index (χ0n) is 13.1. The topological polar surface area (TPSA) is 75.5 Å². The van der Waals surface area contributed by atoms with Crippen LogP contribution in [0.3, 0.4) is 0 Å². The first-order valence-electron chi connectivity index (χ1n) is 7.86. The van der Waals surface area contributed by atoms with E-state index in [4.69, 9.17) is 11.6 Å². The number of aromatic nitrogens is 2. The summed E-state index contributed by atoms with van der Waals surface area (Å²) < 4.78 is 1.87. The minimum Gasteiger partial charge on any atom is -0.297 e. The molecule has 1 saturated carbocycles. The van der Waals surface area contributed by atoms with Crippen LogP contribution >= 0.6 is 22.9 Å². The number of fused-ring (bicyclic) bond motifs is 1. The molecule has 4 rings (SSSR count). The zero-order valence-corrected chi connectivity index (χ0v) is 14.7. The number of halogens is 1. The van der Waals surface area contributed by atoms with Crippen LogP contribution in [0.15, 0.2) is 42.0 Å². The lowest BCUT2D eigenvalue weighted by molar-refractivity contribution is -0.129. The van der Waals surface area contributed by atoms with Gasteiger partial charge in [-0.1, -0.05) is 29.8 Å². The Morgan fingerprint density at radius 1 is 1.32 bits per heavy atom. The minimum atomic E-state index is -0.297. The molecule has 2 N–H and O–H groups in total. The van der Waals surface area contributed by atoms with Crippen molar-refractivity contribution < 1.29 is 9.59 Å². The fourth-order valence-corrected chi connectivity index (χ4v) is 3.89. The molecule has 2 heterocycles. The maximum absolute atomic E-state index is 12.2. The summed E-state index contributed by atoms with van der Waals surface area (Å²) in [5.74, 6) is -0.526. The normalized spacial score (nSPS) is 18.9. The summed E-state index contributed by atoms with van der Waals surface area (Å²) in [5, 5.41) is 2.60. The molecule has 2 amide bonds. The average Bonchev–Trinajstić information content (AvgIpc) is 3.12. The van der Waals surface area contributed by atoms with E-state index in [1.165, 1.54) is 11.3 Å². The van der Waals surface area contributed by atoms with Gasteiger partial charge in [-0.25, -0.2) is 4.98 Å². The van der Waals surface area contributed by atoms with Gasteiger partial charge in [-0.2, -0.15) is 0 Å². The van der Waals surface area contributed by atoms with Crippen molar-refractivity contribution in [1.29, 1.82) is 0 Å². The van der Waals surface area contributed by atoms with Crippen LogP contribution in [0.4, 0.5) is 0 Å². The highest BCUT2D eigenvalue weighted by Crippen LogP contribution is 2.49. The molecular formula is C17H15ClN4O2S. The van der Waals surface area contributed by atoms with Gasteiger partial charge in [0.2, 0.25) is 11.8 Å². The van der Waals surface area contributed by atoms with E-state index in [-0.39, 0.29) is 30.1 Å². The van der Waals surface area contributed by atoms with E-state index >= 15 is 0 Å². The average molecular weight is 375 g/mol. The molecule has 2 atom stereocenters. The third-order valence-corrected chi connectivity index (χ3v) is 5.36. The quantitative estimate of drug-likeness (QED) is 0.689. The SMILES string of the molecule is O=C(Cc1cn2ccsc2n1)NNC(=O)[C@H]1C[C@@H]1c1ccccc1Cl. The van der Waals surface area contributed by atoms with Crippen molar-refractivity contribution in [3.05, 3.63) is 58.3 Å². The number of benzene rings is 1. The van der Waals surface area contributed by atoms with E-state index in [2.05, 4.69) is 15.8 Å². The Bertz CT molecular complexity index is 922. The Balaban J connectivity index is 1.28. The highest BCUT2D eigenvalue weighted by Gasteiger charge is 2.44. The Labute approximate surface area is 152 Å². The molecule has 0 unspecified atom stereocenters. The third-order valence-electron chi connectivity index (χ3n) is 4.24. The number of hydrogen-bond donors (Lipinski definition) is 2. The second kappa shape index (κ2) is 6.50. The molecule has 8 heteroatoms. The van der Waals surface area contributed by atoms with Crippen LogP contribution in [-0.2, 0) is 16.0 Å². The molecule has 3 aromatic rings. The highest BCUT2D eigenvalue weighted by atomic mass is 35.5. The van der Waals surface area contributed by atoms with E-state index in [9.17, 15) is 9.59 Å². The van der Waals surface area contributed by atoms with Crippen molar-refractivity contribution in [1.82, 2.24) is 20.2 Å². The van der Waals surface area contributed by atoms with Crippen LogP contribution in [0.25, 0.3) is 4.96 Å². The van der Waals surface area contributed by atoms with Crippen molar-refractivity contribution >= 4 is 39.7 Å². The lowest BCUT2D eigenvalue weighted by atomic mass is 10.1. The van der Waals surface area contributed by atoms with Gasteiger partial charge >= 0.3 is 0 Å². The Kier molecular flexibility index (Phi) is 4.19. The van der Waals surface area contributed by atoms with Crippen molar-refractivity contribution in [3.63, 3.8) is 0 Å². The second-order valence-corrected chi connectivity index (χ2v) is 7.29. The van der Waals surface area contributed by atoms with Crippen LogP contribution < -0.4 is 10.9 Å². The van der Waals surface area contributed by atoms with Crippen molar-refractivity contribution in [2.24, 2.45) is 5.92 Å². The van der Waals surface area contributed by atoms with Gasteiger partial charge in [-0.3, -0.25) is 24.8 Å². The molecular weight excluding hydrogens is 360 g/mol. The molecule has 25 heavy (non-hydrogen) atoms. The standard InChI is InChI=1S/C17H15ClN4O2S/c18-14-4-2-1-3-11(14)12-8-13(12)16(24)21-20-15(23)7-10-9-22-5-6-25-17(22)19-10/h1-6,9,12-13H,7-8H2,(H,20,23)(H,21,24)/t12-,13+/m1/s1. The van der Waals surface area contributed by atoms with Crippen LogP contribution in [0.1, 0.15) is 23.6 Å². The van der Waals surface area contributed by atoms with Gasteiger partial charge in [0.05, 0.1) is 12.1 Å². The lowest BCUT2D eigenvalue weighted by Gasteiger charge is -2.07. The van der Waals surface area contributed by atoms with E-state index < -0.39 is 0 Å². The fourth-order valence-electron chi connectivity index (χ4n) is 2.90. The highest BCUT2D eigenvalue weighted by molar-refractivity contribution is 7.15. The van der Waals surface area contributed by atoms with E-state index in [1.54, 1.807) is 0 Å². The summed E-state index contributed by atoms with van der Waals surface area (Å²) in [5.41, 5.74) is 6.60. The van der Waals surface area contributed by atoms with Crippen molar-refractivity contribution in [2.75, 3.05) is 0 Å². The zero-order chi connectivity index (χ0) is 17.4. The first kappa shape index (κ1) is 16.1. The summed E-state index contributed by atoms with van der Waals surface area (Å²) in [6, 6.07) is 7.53. The van der Waals surface area contributed by atoms with Gasteiger partial charge in [0, 0.05) is 28.7 Å². The Morgan fingerprint density at radius 3 is 2.96 bits per heavy atom. The number of imidazole rings is 1. The number of nitrogens with zero attached hydrogens (tertiary/aromatic N) is 2. The predicted octanol–water partition coefficient (Wildman–Crippen LogP) is 2.54. The minimum absolute atomic E-state index is 0.116. The summed E-state index contributed by atoms with van der Waals surface area (Å²) in [4.78, 5) is 29.3. The number of hydrogen-bond acceptors (Lipinski definition) is 4. The molecule has 0 aliphatic heterocycles. The molecule has 1 aliphatic carbocycles. The number of carbonyl (C=O) groups is 2. The fraction of sp³-hybridized carbons (Fsp3) is 0.235. The maximum atomic E-state index is 12.2. The van der Waals surface area contributed by atoms with E-state index in [0.29, 0.717) is 10.7 Å². The van der Waals surface area contributed by atoms with Crippen molar-refractivity contribution in [2.45, 2.75) is 18.8 Å². The van der Waals surface area contributed by atoms with Gasteiger partial charge < -0.3 is 0 Å². The molecule has 0 bridgehead atoms. The smallest absolute Gasteiger partial charge is 0.244 e. The molecule has 1 aromatic carbocycles. The van der Waals surface area contributed by atoms with Crippen LogP contribution in [0.5, 0.6) is 0 Å². The number of thiazole rings is 1. The third kappa shape index (κ3) is 3.38. The lowest BCUT2D eigenvalue weighted by Crippen LogP contribution is -2.43. The van der Waals surface area contributed by atoms with Crippen LogP contribution in [0, 0.1) is 5.92 Å². The van der Waals surface area contributed by atoms with Gasteiger partial charge in [-0.15, -0.1) is 11.3 Å². The molecule has 6 nitrogen and oxygen atoms in total. The van der Waals surface area contributed by atoms with Crippen LogP contribution in [0.2, 0.25) is 5.02 Å². The molecule has 0 saturated heterocycles. The van der Waals surface area contributed by atoms with Gasteiger partial charge in [0.25, 0.3) is 0 Å². The summed E-state index contributed by atoms with van der Waals surface area (Å²) in [7, 11) is 0. The predicted molar refractivity (Wildman–Crippen MR) is 95.4 cm³/mol. The van der Waals surface area contributed by atoms with Crippen LogP contribution in [-0.4, -0.2) is 21.2 Å². The summed E-state index contributed by atoms with van der Waals surface area (Å²) in [6.07, 6.45) is 4.55. The number of amides is 2. The van der Waals surface area contributed by atoms with Gasteiger partial charge in [0.15, 0.2) is 4.96 Å². The molecule has 128 valence electrons. The van der Waals surface area contributed by atoms with E-state index in [1.807, 2.05) is 46.4 Å². The number of carbonyl (C=O) groups excluding carboxylic acids is 2. The number of rotatable bonds is 4. The van der Waals surface area contributed by atoms with Gasteiger partial charge in [0.1, 0.15) is 0 Å². The molecule has 2 aromatic heterocycles. The van der Waals surface area contributed by atoms with Crippen molar-refractivity contribution in [3.8, 4) is 0 Å². The largest absolute Gasteiger partial charge is 0.297 e. The first-order chi connectivity index (χ1) is 12.1.